The maximum absolute atomic E-state index is 12.1. The molecule has 1 aliphatic heterocycles. The standard InChI is InChI=1S/C15H18N2O2S/c1-3-16-15(19)12-5-4-8-17(9-12)10-13(18)14-7-6-11(2)20-14/h4,6-9H,3,5,10H2,1-2H3,(H,16,19). The number of carbonyl (C=O) groups is 2. The Bertz CT molecular complexity index is 572. The van der Waals surface area contributed by atoms with Crippen LogP contribution in [0.2, 0.25) is 0 Å². The highest BCUT2D eigenvalue weighted by molar-refractivity contribution is 7.14. The number of ketones is 1. The van der Waals surface area contributed by atoms with Gasteiger partial charge in [0.2, 0.25) is 5.91 Å². The molecule has 4 nitrogen and oxygen atoms in total. The molecule has 0 aliphatic carbocycles. The smallest absolute Gasteiger partial charge is 0.248 e. The van der Waals surface area contributed by atoms with Crippen molar-refractivity contribution < 1.29 is 9.59 Å². The Morgan fingerprint density at radius 1 is 1.40 bits per heavy atom. The molecular weight excluding hydrogens is 272 g/mol. The van der Waals surface area contributed by atoms with Gasteiger partial charge in [0.25, 0.3) is 0 Å². The fourth-order valence-corrected chi connectivity index (χ4v) is 2.76. The first-order valence-corrected chi connectivity index (χ1v) is 7.42. The minimum Gasteiger partial charge on any atom is -0.353 e. The minimum absolute atomic E-state index is 0.0683. The van der Waals surface area contributed by atoms with Gasteiger partial charge in [-0.2, -0.15) is 0 Å². The Morgan fingerprint density at radius 3 is 2.85 bits per heavy atom. The van der Waals surface area contributed by atoms with Crippen molar-refractivity contribution >= 4 is 23.0 Å². The molecule has 1 aromatic heterocycles. The summed E-state index contributed by atoms with van der Waals surface area (Å²) in [5.74, 6) is 0.00224. The van der Waals surface area contributed by atoms with Crippen LogP contribution in [0.3, 0.4) is 0 Å². The Kier molecular flexibility index (Phi) is 4.74. The number of carbonyl (C=O) groups excluding carboxylic acids is 2. The summed E-state index contributed by atoms with van der Waals surface area (Å²) in [7, 11) is 0. The first-order valence-electron chi connectivity index (χ1n) is 6.61. The molecule has 0 saturated carbocycles. The summed E-state index contributed by atoms with van der Waals surface area (Å²) in [6, 6.07) is 3.80. The molecule has 0 bridgehead atoms. The van der Waals surface area contributed by atoms with Gasteiger partial charge in [-0.15, -0.1) is 11.3 Å². The second-order valence-electron chi connectivity index (χ2n) is 4.61. The van der Waals surface area contributed by atoms with E-state index in [4.69, 9.17) is 0 Å². The van der Waals surface area contributed by atoms with Crippen LogP contribution in [-0.2, 0) is 4.79 Å². The number of allylic oxidation sites excluding steroid dienone is 1. The molecule has 20 heavy (non-hydrogen) atoms. The third-order valence-electron chi connectivity index (χ3n) is 2.93. The summed E-state index contributed by atoms with van der Waals surface area (Å²) >= 11 is 1.50. The molecule has 0 fully saturated rings. The van der Waals surface area contributed by atoms with Gasteiger partial charge in [-0.25, -0.2) is 0 Å². The molecule has 1 aliphatic rings. The molecule has 2 heterocycles. The van der Waals surface area contributed by atoms with Gasteiger partial charge in [0.05, 0.1) is 11.4 Å². The molecular formula is C15H18N2O2S. The van der Waals surface area contributed by atoms with Crippen molar-refractivity contribution in [3.8, 4) is 0 Å². The number of aryl methyl sites for hydroxylation is 1. The number of nitrogens with one attached hydrogen (secondary N) is 1. The average molecular weight is 290 g/mol. The highest BCUT2D eigenvalue weighted by atomic mass is 32.1. The minimum atomic E-state index is -0.0683. The molecule has 1 amide bonds. The summed E-state index contributed by atoms with van der Waals surface area (Å²) in [6.07, 6.45) is 6.11. The SMILES string of the molecule is CCNC(=O)C1=CN(CC(=O)c2ccc(C)s2)C=CC1. The lowest BCUT2D eigenvalue weighted by Gasteiger charge is -2.20. The maximum atomic E-state index is 12.1. The zero-order valence-corrected chi connectivity index (χ0v) is 12.5. The largest absolute Gasteiger partial charge is 0.353 e. The Balaban J connectivity index is 2.02. The van der Waals surface area contributed by atoms with E-state index in [1.165, 1.54) is 11.3 Å². The van der Waals surface area contributed by atoms with Gasteiger partial charge in [-0.05, 0) is 32.4 Å². The first-order chi connectivity index (χ1) is 9.60. The van der Waals surface area contributed by atoms with Gasteiger partial charge in [0.15, 0.2) is 5.78 Å². The molecule has 5 heteroatoms. The Morgan fingerprint density at radius 2 is 2.20 bits per heavy atom. The van der Waals surface area contributed by atoms with Gasteiger partial charge >= 0.3 is 0 Å². The number of rotatable bonds is 5. The first kappa shape index (κ1) is 14.5. The topological polar surface area (TPSA) is 49.4 Å². The van der Waals surface area contributed by atoms with Crippen molar-refractivity contribution in [3.05, 3.63) is 45.9 Å². The number of hydrogen-bond acceptors (Lipinski definition) is 4. The van der Waals surface area contributed by atoms with Crippen molar-refractivity contribution in [2.24, 2.45) is 0 Å². The van der Waals surface area contributed by atoms with Gasteiger partial charge in [-0.1, -0.05) is 6.08 Å². The Labute approximate surface area is 122 Å². The quantitative estimate of drug-likeness (QED) is 0.848. The summed E-state index contributed by atoms with van der Waals surface area (Å²) in [5, 5.41) is 2.77. The molecule has 2 rings (SSSR count). The van der Waals surface area contributed by atoms with Gasteiger partial charge in [0.1, 0.15) is 0 Å². The molecule has 0 unspecified atom stereocenters. The fourth-order valence-electron chi connectivity index (χ4n) is 1.96. The third kappa shape index (κ3) is 3.57. The van der Waals surface area contributed by atoms with Crippen LogP contribution in [-0.4, -0.2) is 29.7 Å². The predicted molar refractivity (Wildman–Crippen MR) is 80.6 cm³/mol. The molecule has 0 atom stereocenters. The molecule has 0 radical (unpaired) electrons. The van der Waals surface area contributed by atoms with E-state index in [0.717, 1.165) is 9.75 Å². The number of Topliss-reactive ketones (excluding diaryl/α,β-unsaturated/α-hetero) is 1. The van der Waals surface area contributed by atoms with Crippen molar-refractivity contribution in [2.45, 2.75) is 20.3 Å². The molecule has 0 aromatic carbocycles. The zero-order chi connectivity index (χ0) is 14.5. The summed E-state index contributed by atoms with van der Waals surface area (Å²) < 4.78 is 0. The lowest BCUT2D eigenvalue weighted by atomic mass is 10.1. The number of hydrogen-bond donors (Lipinski definition) is 1. The normalized spacial score (nSPS) is 14.1. The predicted octanol–water partition coefficient (Wildman–Crippen LogP) is 2.48. The van der Waals surface area contributed by atoms with E-state index in [1.54, 1.807) is 11.1 Å². The highest BCUT2D eigenvalue weighted by Gasteiger charge is 2.15. The van der Waals surface area contributed by atoms with Crippen LogP contribution in [0, 0.1) is 6.92 Å². The molecule has 1 aromatic rings. The van der Waals surface area contributed by atoms with E-state index in [0.29, 0.717) is 18.5 Å². The summed E-state index contributed by atoms with van der Waals surface area (Å²) in [6.45, 7) is 4.74. The van der Waals surface area contributed by atoms with E-state index in [1.807, 2.05) is 38.3 Å². The van der Waals surface area contributed by atoms with Gasteiger partial charge < -0.3 is 10.2 Å². The maximum Gasteiger partial charge on any atom is 0.248 e. The summed E-state index contributed by atoms with van der Waals surface area (Å²) in [4.78, 5) is 27.6. The van der Waals surface area contributed by atoms with Crippen LogP contribution in [0.5, 0.6) is 0 Å². The van der Waals surface area contributed by atoms with Crippen molar-refractivity contribution in [1.29, 1.82) is 0 Å². The molecule has 106 valence electrons. The number of thiophene rings is 1. The molecule has 0 saturated heterocycles. The van der Waals surface area contributed by atoms with E-state index < -0.39 is 0 Å². The van der Waals surface area contributed by atoms with Crippen LogP contribution >= 0.6 is 11.3 Å². The van der Waals surface area contributed by atoms with E-state index in [2.05, 4.69) is 5.32 Å². The second kappa shape index (κ2) is 6.52. The van der Waals surface area contributed by atoms with E-state index in [9.17, 15) is 9.59 Å². The van der Waals surface area contributed by atoms with Crippen LogP contribution < -0.4 is 5.32 Å². The van der Waals surface area contributed by atoms with E-state index in [-0.39, 0.29) is 18.2 Å². The third-order valence-corrected chi connectivity index (χ3v) is 3.97. The second-order valence-corrected chi connectivity index (χ2v) is 5.90. The van der Waals surface area contributed by atoms with Crippen LogP contribution in [0.25, 0.3) is 0 Å². The van der Waals surface area contributed by atoms with Gasteiger partial charge in [0, 0.05) is 29.4 Å². The number of nitrogens with zero attached hydrogens (tertiary/aromatic N) is 1. The Hall–Kier alpha value is -1.88. The van der Waals surface area contributed by atoms with Crippen LogP contribution in [0.15, 0.2) is 36.2 Å². The van der Waals surface area contributed by atoms with Crippen LogP contribution in [0.1, 0.15) is 27.9 Å². The van der Waals surface area contributed by atoms with Crippen molar-refractivity contribution in [3.63, 3.8) is 0 Å². The lowest BCUT2D eigenvalue weighted by molar-refractivity contribution is -0.117. The lowest BCUT2D eigenvalue weighted by Crippen LogP contribution is -2.28. The molecule has 0 spiro atoms. The van der Waals surface area contributed by atoms with Crippen molar-refractivity contribution in [1.82, 2.24) is 10.2 Å². The average Bonchev–Trinajstić information content (AvgIpc) is 2.86. The zero-order valence-electron chi connectivity index (χ0n) is 11.7. The molecule has 1 N–H and O–H groups in total. The fraction of sp³-hybridized carbons (Fsp3) is 0.333. The van der Waals surface area contributed by atoms with Gasteiger partial charge in [-0.3, -0.25) is 9.59 Å². The van der Waals surface area contributed by atoms with E-state index >= 15 is 0 Å². The monoisotopic (exact) mass is 290 g/mol. The number of likely N-dealkylation sites (N-methyl/N-ethyl adjacent to an activating group) is 1. The number of amides is 1. The summed E-state index contributed by atoms with van der Waals surface area (Å²) in [5.41, 5.74) is 0.685. The van der Waals surface area contributed by atoms with Crippen LogP contribution in [0.4, 0.5) is 0 Å². The highest BCUT2D eigenvalue weighted by Crippen LogP contribution is 2.18. The van der Waals surface area contributed by atoms with Crippen molar-refractivity contribution in [2.75, 3.05) is 13.1 Å².